The summed E-state index contributed by atoms with van der Waals surface area (Å²) in [6.45, 7) is 2.17. The summed E-state index contributed by atoms with van der Waals surface area (Å²) in [5.74, 6) is -0.216. The number of carbonyl (C=O) groups is 1. The Labute approximate surface area is 139 Å². The molecule has 1 amide bonds. The predicted octanol–water partition coefficient (Wildman–Crippen LogP) is 4.58. The Hall–Kier alpha value is -1.72. The Bertz CT molecular complexity index is 637. The summed E-state index contributed by atoms with van der Waals surface area (Å²) < 4.78 is 0. The molecular weight excluding hydrogens is 318 g/mol. The first-order valence-electron chi connectivity index (χ1n) is 7.24. The second-order valence-electron chi connectivity index (χ2n) is 4.83. The third kappa shape index (κ3) is 5.58. The fourth-order valence-electron chi connectivity index (χ4n) is 1.82. The molecule has 2 aromatic rings. The number of unbranched alkanes of at least 4 members (excludes halogenated alkanes) is 2. The Morgan fingerprint density at radius 1 is 1.27 bits per heavy atom. The standard InChI is InChI=1S/C16H18ClN3OS/c1-2-3-4-5-15-19-20-16(22-15)18-14(21)11-8-12-6-9-13(17)10-7-12/h6-11H,2-5H2,1H3,(H,18,20,21)/b11-8+. The Morgan fingerprint density at radius 3 is 2.77 bits per heavy atom. The molecule has 6 heteroatoms. The van der Waals surface area contributed by atoms with Crippen molar-refractivity contribution in [3.8, 4) is 0 Å². The van der Waals surface area contributed by atoms with Gasteiger partial charge in [-0.3, -0.25) is 10.1 Å². The molecule has 0 saturated heterocycles. The molecule has 1 N–H and O–H groups in total. The summed E-state index contributed by atoms with van der Waals surface area (Å²) in [4.78, 5) is 11.8. The van der Waals surface area contributed by atoms with Gasteiger partial charge in [0.1, 0.15) is 5.01 Å². The average molecular weight is 336 g/mol. The Morgan fingerprint density at radius 2 is 2.05 bits per heavy atom. The quantitative estimate of drug-likeness (QED) is 0.595. The number of aromatic nitrogens is 2. The van der Waals surface area contributed by atoms with Crippen LogP contribution in [0.2, 0.25) is 5.02 Å². The van der Waals surface area contributed by atoms with Gasteiger partial charge in [-0.2, -0.15) is 0 Å². The smallest absolute Gasteiger partial charge is 0.250 e. The van der Waals surface area contributed by atoms with E-state index in [-0.39, 0.29) is 5.91 Å². The molecule has 0 atom stereocenters. The molecule has 0 bridgehead atoms. The van der Waals surface area contributed by atoms with Gasteiger partial charge in [-0.1, -0.05) is 54.8 Å². The van der Waals surface area contributed by atoms with Crippen LogP contribution in [0.15, 0.2) is 30.3 Å². The number of hydrogen-bond donors (Lipinski definition) is 1. The number of rotatable bonds is 7. The minimum Gasteiger partial charge on any atom is -0.297 e. The van der Waals surface area contributed by atoms with Crippen molar-refractivity contribution in [2.24, 2.45) is 0 Å². The third-order valence-electron chi connectivity index (χ3n) is 2.99. The van der Waals surface area contributed by atoms with E-state index >= 15 is 0 Å². The third-order valence-corrected chi connectivity index (χ3v) is 4.14. The van der Waals surface area contributed by atoms with Gasteiger partial charge in [0, 0.05) is 17.5 Å². The zero-order chi connectivity index (χ0) is 15.8. The van der Waals surface area contributed by atoms with Gasteiger partial charge in [-0.25, -0.2) is 0 Å². The molecule has 0 spiro atoms. The fourth-order valence-corrected chi connectivity index (χ4v) is 2.73. The Balaban J connectivity index is 1.85. The maximum Gasteiger partial charge on any atom is 0.250 e. The van der Waals surface area contributed by atoms with Crippen molar-refractivity contribution in [3.63, 3.8) is 0 Å². The average Bonchev–Trinajstić information content (AvgIpc) is 2.94. The predicted molar refractivity (Wildman–Crippen MR) is 92.3 cm³/mol. The van der Waals surface area contributed by atoms with Crippen LogP contribution in [0.1, 0.15) is 36.8 Å². The van der Waals surface area contributed by atoms with E-state index in [2.05, 4.69) is 22.4 Å². The first-order valence-corrected chi connectivity index (χ1v) is 8.44. The van der Waals surface area contributed by atoms with Gasteiger partial charge < -0.3 is 0 Å². The summed E-state index contributed by atoms with van der Waals surface area (Å²) in [5.41, 5.74) is 0.914. The molecule has 0 aliphatic heterocycles. The highest BCUT2D eigenvalue weighted by Crippen LogP contribution is 2.17. The largest absolute Gasteiger partial charge is 0.297 e. The fraction of sp³-hybridized carbons (Fsp3) is 0.312. The molecule has 2 rings (SSSR count). The molecule has 0 fully saturated rings. The molecule has 0 aliphatic carbocycles. The summed E-state index contributed by atoms with van der Waals surface area (Å²) in [6.07, 6.45) is 7.59. The molecule has 1 aromatic carbocycles. The topological polar surface area (TPSA) is 54.9 Å². The minimum atomic E-state index is -0.216. The number of nitrogens with zero attached hydrogens (tertiary/aromatic N) is 2. The molecule has 0 saturated carbocycles. The molecule has 22 heavy (non-hydrogen) atoms. The first kappa shape index (κ1) is 16.6. The maximum atomic E-state index is 11.8. The minimum absolute atomic E-state index is 0.216. The van der Waals surface area contributed by atoms with Crippen molar-refractivity contribution >= 4 is 40.1 Å². The van der Waals surface area contributed by atoms with E-state index in [0.717, 1.165) is 23.4 Å². The van der Waals surface area contributed by atoms with Crippen LogP contribution in [0.25, 0.3) is 6.08 Å². The van der Waals surface area contributed by atoms with Gasteiger partial charge in [0.15, 0.2) is 0 Å². The molecular formula is C16H18ClN3OS. The van der Waals surface area contributed by atoms with Crippen LogP contribution in [0.3, 0.4) is 0 Å². The van der Waals surface area contributed by atoms with Crippen molar-refractivity contribution in [1.29, 1.82) is 0 Å². The second kappa shape index (κ2) is 8.66. The highest BCUT2D eigenvalue weighted by atomic mass is 35.5. The molecule has 1 heterocycles. The van der Waals surface area contributed by atoms with E-state index in [9.17, 15) is 4.79 Å². The SMILES string of the molecule is CCCCCc1nnc(NC(=O)/C=C/c2ccc(Cl)cc2)s1. The van der Waals surface area contributed by atoms with Crippen LogP contribution < -0.4 is 5.32 Å². The van der Waals surface area contributed by atoms with Crippen LogP contribution in [-0.4, -0.2) is 16.1 Å². The van der Waals surface area contributed by atoms with E-state index < -0.39 is 0 Å². The summed E-state index contributed by atoms with van der Waals surface area (Å²) >= 11 is 7.24. The molecule has 0 radical (unpaired) electrons. The summed E-state index contributed by atoms with van der Waals surface area (Å²) in [6, 6.07) is 7.27. The highest BCUT2D eigenvalue weighted by molar-refractivity contribution is 7.15. The number of aryl methyl sites for hydroxylation is 1. The van der Waals surface area contributed by atoms with Crippen LogP contribution in [-0.2, 0) is 11.2 Å². The van der Waals surface area contributed by atoms with Gasteiger partial charge in [0.2, 0.25) is 11.0 Å². The van der Waals surface area contributed by atoms with E-state index in [1.807, 2.05) is 12.1 Å². The van der Waals surface area contributed by atoms with Gasteiger partial charge in [-0.05, 0) is 30.2 Å². The first-order chi connectivity index (χ1) is 10.7. The molecule has 116 valence electrons. The highest BCUT2D eigenvalue weighted by Gasteiger charge is 2.06. The lowest BCUT2D eigenvalue weighted by atomic mass is 10.2. The molecule has 4 nitrogen and oxygen atoms in total. The van der Waals surface area contributed by atoms with Gasteiger partial charge in [0.05, 0.1) is 0 Å². The monoisotopic (exact) mass is 335 g/mol. The Kier molecular flexibility index (Phi) is 6.55. The summed E-state index contributed by atoms with van der Waals surface area (Å²) in [7, 11) is 0. The van der Waals surface area contributed by atoms with Crippen LogP contribution in [0.5, 0.6) is 0 Å². The van der Waals surface area contributed by atoms with E-state index in [1.165, 1.54) is 30.3 Å². The number of amides is 1. The van der Waals surface area contributed by atoms with E-state index in [1.54, 1.807) is 18.2 Å². The number of nitrogens with one attached hydrogen (secondary N) is 1. The van der Waals surface area contributed by atoms with Crippen molar-refractivity contribution < 1.29 is 4.79 Å². The lowest BCUT2D eigenvalue weighted by molar-refractivity contribution is -0.111. The lowest BCUT2D eigenvalue weighted by Gasteiger charge is -1.96. The van der Waals surface area contributed by atoms with Gasteiger partial charge in [0.25, 0.3) is 0 Å². The zero-order valence-corrected chi connectivity index (χ0v) is 14.0. The van der Waals surface area contributed by atoms with Crippen molar-refractivity contribution in [2.45, 2.75) is 32.6 Å². The van der Waals surface area contributed by atoms with Crippen molar-refractivity contribution in [2.75, 3.05) is 5.32 Å². The number of carbonyl (C=O) groups excluding carboxylic acids is 1. The molecule has 0 aliphatic rings. The van der Waals surface area contributed by atoms with Gasteiger partial charge in [-0.15, -0.1) is 10.2 Å². The lowest BCUT2D eigenvalue weighted by Crippen LogP contribution is -2.07. The van der Waals surface area contributed by atoms with Crippen LogP contribution in [0, 0.1) is 0 Å². The second-order valence-corrected chi connectivity index (χ2v) is 6.33. The number of halogens is 1. The number of hydrogen-bond acceptors (Lipinski definition) is 4. The van der Waals surface area contributed by atoms with Crippen molar-refractivity contribution in [3.05, 3.63) is 45.9 Å². The molecule has 1 aromatic heterocycles. The van der Waals surface area contributed by atoms with Crippen LogP contribution >= 0.6 is 22.9 Å². The number of anilines is 1. The van der Waals surface area contributed by atoms with E-state index in [0.29, 0.717) is 10.2 Å². The zero-order valence-electron chi connectivity index (χ0n) is 12.4. The molecule has 0 unspecified atom stereocenters. The number of benzene rings is 1. The van der Waals surface area contributed by atoms with E-state index in [4.69, 9.17) is 11.6 Å². The van der Waals surface area contributed by atoms with Crippen molar-refractivity contribution in [1.82, 2.24) is 10.2 Å². The normalized spacial score (nSPS) is 11.0. The van der Waals surface area contributed by atoms with Crippen LogP contribution in [0.4, 0.5) is 5.13 Å². The maximum absolute atomic E-state index is 11.8. The van der Waals surface area contributed by atoms with Gasteiger partial charge >= 0.3 is 0 Å². The summed E-state index contributed by atoms with van der Waals surface area (Å²) in [5, 5.41) is 13.0.